The molecular formula is C26H24N4O6S. The van der Waals surface area contributed by atoms with Crippen molar-refractivity contribution in [2.45, 2.75) is 17.7 Å². The Hall–Kier alpha value is -4.09. The molecule has 0 bridgehead atoms. The van der Waals surface area contributed by atoms with Crippen molar-refractivity contribution in [2.24, 2.45) is 0 Å². The first kappa shape index (κ1) is 24.6. The summed E-state index contributed by atoms with van der Waals surface area (Å²) < 4.78 is 28.2. The standard InChI is InChI=1S/C26H24N4O6S/c31-25(28-15-13-19-7-1-3-9-21(19)28)17-27(37(35,36)24-12-6-5-11-23(24)30(33)34)18-26(32)29-16-14-20-8-2-4-10-22(20)29/h1-12H,13-18H2. The first-order chi connectivity index (χ1) is 17.8. The minimum absolute atomic E-state index is 0.380. The molecule has 3 aromatic carbocycles. The van der Waals surface area contributed by atoms with Gasteiger partial charge in [0.05, 0.1) is 18.0 Å². The highest BCUT2D eigenvalue weighted by Crippen LogP contribution is 2.31. The number of sulfonamides is 1. The molecule has 5 rings (SSSR count). The second-order valence-electron chi connectivity index (χ2n) is 8.85. The number of carbonyl (C=O) groups is 2. The Morgan fingerprint density at radius 2 is 1.24 bits per heavy atom. The fourth-order valence-electron chi connectivity index (χ4n) is 4.86. The first-order valence-corrected chi connectivity index (χ1v) is 13.2. The number of hydrogen-bond donors (Lipinski definition) is 0. The van der Waals surface area contributed by atoms with Crippen molar-refractivity contribution >= 4 is 38.9 Å². The summed E-state index contributed by atoms with van der Waals surface area (Å²) in [5.41, 5.74) is 2.69. The minimum atomic E-state index is -4.58. The summed E-state index contributed by atoms with van der Waals surface area (Å²) in [6.07, 6.45) is 1.25. The van der Waals surface area contributed by atoms with E-state index in [2.05, 4.69) is 0 Å². The summed E-state index contributed by atoms with van der Waals surface area (Å²) in [7, 11) is -4.58. The van der Waals surface area contributed by atoms with Gasteiger partial charge in [-0.25, -0.2) is 8.42 Å². The van der Waals surface area contributed by atoms with Crippen LogP contribution in [-0.4, -0.2) is 55.6 Å². The molecule has 2 amide bonds. The molecule has 3 aromatic rings. The molecule has 0 aromatic heterocycles. The molecule has 2 aliphatic rings. The number of amides is 2. The molecule has 0 radical (unpaired) electrons. The molecule has 37 heavy (non-hydrogen) atoms. The Labute approximate surface area is 213 Å². The number of fused-ring (bicyclic) bond motifs is 2. The van der Waals surface area contributed by atoms with Crippen LogP contribution in [0.25, 0.3) is 0 Å². The van der Waals surface area contributed by atoms with Crippen molar-refractivity contribution in [1.82, 2.24) is 4.31 Å². The quantitative estimate of drug-likeness (QED) is 0.349. The monoisotopic (exact) mass is 520 g/mol. The molecule has 2 heterocycles. The van der Waals surface area contributed by atoms with Crippen LogP contribution in [0.15, 0.2) is 77.7 Å². The maximum atomic E-state index is 13.7. The second-order valence-corrected chi connectivity index (χ2v) is 10.8. The van der Waals surface area contributed by atoms with Crippen LogP contribution in [-0.2, 0) is 32.5 Å². The van der Waals surface area contributed by atoms with Crippen molar-refractivity contribution in [2.75, 3.05) is 36.0 Å². The molecular weight excluding hydrogens is 496 g/mol. The van der Waals surface area contributed by atoms with Gasteiger partial charge in [-0.3, -0.25) is 19.7 Å². The summed E-state index contributed by atoms with van der Waals surface area (Å²) >= 11 is 0. The van der Waals surface area contributed by atoms with Gasteiger partial charge >= 0.3 is 0 Å². The van der Waals surface area contributed by atoms with E-state index >= 15 is 0 Å². The van der Waals surface area contributed by atoms with E-state index in [1.165, 1.54) is 21.9 Å². The number of nitro benzene ring substituents is 1. The van der Waals surface area contributed by atoms with E-state index in [0.29, 0.717) is 37.3 Å². The van der Waals surface area contributed by atoms with Crippen molar-refractivity contribution in [1.29, 1.82) is 0 Å². The van der Waals surface area contributed by atoms with Crippen LogP contribution in [0.4, 0.5) is 17.1 Å². The molecule has 11 heteroatoms. The van der Waals surface area contributed by atoms with E-state index in [0.717, 1.165) is 27.6 Å². The topological polar surface area (TPSA) is 121 Å². The average molecular weight is 521 g/mol. The third-order valence-corrected chi connectivity index (χ3v) is 8.52. The molecule has 190 valence electrons. The number of rotatable bonds is 7. The van der Waals surface area contributed by atoms with Crippen LogP contribution >= 0.6 is 0 Å². The second kappa shape index (κ2) is 9.75. The van der Waals surface area contributed by atoms with Gasteiger partial charge in [-0.15, -0.1) is 0 Å². The van der Waals surface area contributed by atoms with E-state index in [9.17, 15) is 28.1 Å². The van der Waals surface area contributed by atoms with Gasteiger partial charge in [-0.1, -0.05) is 48.5 Å². The van der Waals surface area contributed by atoms with Gasteiger partial charge in [-0.05, 0) is 42.2 Å². The summed E-state index contributed by atoms with van der Waals surface area (Å²) in [5, 5.41) is 11.6. The Balaban J connectivity index is 1.48. The molecule has 0 aliphatic carbocycles. The zero-order chi connectivity index (χ0) is 26.2. The molecule has 0 saturated carbocycles. The zero-order valence-electron chi connectivity index (χ0n) is 19.8. The van der Waals surface area contributed by atoms with Gasteiger partial charge in [0.2, 0.25) is 11.8 Å². The Morgan fingerprint density at radius 1 is 0.784 bits per heavy atom. The van der Waals surface area contributed by atoms with Crippen LogP contribution in [0.2, 0.25) is 0 Å². The van der Waals surface area contributed by atoms with E-state index in [-0.39, 0.29) is 0 Å². The third kappa shape index (κ3) is 4.58. The largest absolute Gasteiger partial charge is 0.311 e. The van der Waals surface area contributed by atoms with Gasteiger partial charge in [0.1, 0.15) is 0 Å². The lowest BCUT2D eigenvalue weighted by atomic mass is 10.2. The predicted octanol–water partition coefficient (Wildman–Crippen LogP) is 2.76. The maximum Gasteiger partial charge on any atom is 0.289 e. The average Bonchev–Trinajstić information content (AvgIpc) is 3.53. The first-order valence-electron chi connectivity index (χ1n) is 11.8. The molecule has 0 spiro atoms. The van der Waals surface area contributed by atoms with Crippen molar-refractivity contribution < 1.29 is 22.9 Å². The van der Waals surface area contributed by atoms with E-state index in [1.807, 2.05) is 24.3 Å². The number of hydrogen-bond acceptors (Lipinski definition) is 6. The zero-order valence-corrected chi connectivity index (χ0v) is 20.6. The molecule has 2 aliphatic heterocycles. The molecule has 0 saturated heterocycles. The number of nitro groups is 1. The highest BCUT2D eigenvalue weighted by Gasteiger charge is 2.37. The Bertz CT molecular complexity index is 1440. The molecule has 0 fully saturated rings. The van der Waals surface area contributed by atoms with E-state index < -0.39 is 50.4 Å². The van der Waals surface area contributed by atoms with Crippen molar-refractivity contribution in [3.05, 3.63) is 94.0 Å². The third-order valence-electron chi connectivity index (χ3n) is 6.68. The van der Waals surface area contributed by atoms with Gasteiger partial charge in [0.15, 0.2) is 4.90 Å². The fraction of sp³-hybridized carbons (Fsp3) is 0.231. The number of carbonyl (C=O) groups excluding carboxylic acids is 2. The van der Waals surface area contributed by atoms with Crippen LogP contribution in [0.1, 0.15) is 11.1 Å². The molecule has 0 atom stereocenters. The SMILES string of the molecule is O=C(CN(CC(=O)N1CCc2ccccc21)S(=O)(=O)c1ccccc1[N+](=O)[O-])N1CCc2ccccc21. The normalized spacial score (nSPS) is 14.5. The lowest BCUT2D eigenvalue weighted by Crippen LogP contribution is -2.47. The van der Waals surface area contributed by atoms with Crippen LogP contribution in [0.5, 0.6) is 0 Å². The van der Waals surface area contributed by atoms with Crippen LogP contribution in [0, 0.1) is 10.1 Å². The lowest BCUT2D eigenvalue weighted by molar-refractivity contribution is -0.387. The summed E-state index contributed by atoms with van der Waals surface area (Å²) in [6, 6.07) is 19.6. The summed E-state index contributed by atoms with van der Waals surface area (Å²) in [5.74, 6) is -1.02. The molecule has 10 nitrogen and oxygen atoms in total. The molecule has 0 N–H and O–H groups in total. The highest BCUT2D eigenvalue weighted by molar-refractivity contribution is 7.89. The highest BCUT2D eigenvalue weighted by atomic mass is 32.2. The Morgan fingerprint density at radius 3 is 1.76 bits per heavy atom. The number of para-hydroxylation sites is 3. The Kier molecular flexibility index (Phi) is 6.48. The number of anilines is 2. The number of benzene rings is 3. The van der Waals surface area contributed by atoms with E-state index in [1.54, 1.807) is 24.3 Å². The van der Waals surface area contributed by atoms with Crippen LogP contribution in [0.3, 0.4) is 0 Å². The number of nitrogens with zero attached hydrogens (tertiary/aromatic N) is 4. The van der Waals surface area contributed by atoms with Gasteiger partial charge in [-0.2, -0.15) is 4.31 Å². The maximum absolute atomic E-state index is 13.7. The van der Waals surface area contributed by atoms with Crippen molar-refractivity contribution in [3.8, 4) is 0 Å². The molecule has 0 unspecified atom stereocenters. The smallest absolute Gasteiger partial charge is 0.289 e. The minimum Gasteiger partial charge on any atom is -0.311 e. The predicted molar refractivity (Wildman–Crippen MR) is 137 cm³/mol. The van der Waals surface area contributed by atoms with Gasteiger partial charge in [0.25, 0.3) is 15.7 Å². The summed E-state index contributed by atoms with van der Waals surface area (Å²) in [6.45, 7) is -0.510. The van der Waals surface area contributed by atoms with E-state index in [4.69, 9.17) is 0 Å². The van der Waals surface area contributed by atoms with Crippen LogP contribution < -0.4 is 9.80 Å². The van der Waals surface area contributed by atoms with Crippen molar-refractivity contribution in [3.63, 3.8) is 0 Å². The summed E-state index contributed by atoms with van der Waals surface area (Å²) in [4.78, 5) is 40.0. The van der Waals surface area contributed by atoms with Gasteiger partial charge < -0.3 is 9.80 Å². The van der Waals surface area contributed by atoms with Gasteiger partial charge in [0, 0.05) is 30.5 Å². The lowest BCUT2D eigenvalue weighted by Gasteiger charge is -2.26. The fourth-order valence-corrected chi connectivity index (χ4v) is 6.35.